The number of hydrogen-bond donors (Lipinski definition) is 2. The monoisotopic (exact) mass is 235 g/mol. The Morgan fingerprint density at radius 3 is 2.12 bits per heavy atom. The van der Waals surface area contributed by atoms with Gasteiger partial charge in [-0.3, -0.25) is 9.59 Å². The Morgan fingerprint density at radius 1 is 1.35 bits per heavy atom. The Morgan fingerprint density at radius 2 is 1.88 bits per heavy atom. The van der Waals surface area contributed by atoms with Crippen LogP contribution in [0.15, 0.2) is 24.3 Å². The standard InChI is InChI=1S/C8H6N2O.C3H7NO2/c9-5-6-1-3-7(4-2-6)8(10)11;1-6-3(5)2-4/h1-4H,(H2,10,11);2,4H2,1H3. The first-order valence-electron chi connectivity index (χ1n) is 4.62. The molecular formula is C11H13N3O3. The summed E-state index contributed by atoms with van der Waals surface area (Å²) in [6.45, 7) is -0.0312. The zero-order chi connectivity index (χ0) is 13.3. The molecule has 0 saturated carbocycles. The Hall–Kier alpha value is -2.39. The van der Waals surface area contributed by atoms with E-state index in [1.54, 1.807) is 12.1 Å². The van der Waals surface area contributed by atoms with Crippen LogP contribution in [0.1, 0.15) is 15.9 Å². The zero-order valence-electron chi connectivity index (χ0n) is 9.34. The van der Waals surface area contributed by atoms with E-state index in [1.807, 2.05) is 6.07 Å². The van der Waals surface area contributed by atoms with E-state index in [4.69, 9.17) is 16.7 Å². The van der Waals surface area contributed by atoms with Gasteiger partial charge in [0.15, 0.2) is 0 Å². The van der Waals surface area contributed by atoms with E-state index in [0.29, 0.717) is 11.1 Å². The second-order valence-electron chi connectivity index (χ2n) is 2.83. The highest BCUT2D eigenvalue weighted by Gasteiger charge is 1.97. The van der Waals surface area contributed by atoms with Gasteiger partial charge in [-0.1, -0.05) is 0 Å². The van der Waals surface area contributed by atoms with Gasteiger partial charge in [-0.15, -0.1) is 0 Å². The van der Waals surface area contributed by atoms with E-state index < -0.39 is 5.91 Å². The summed E-state index contributed by atoms with van der Waals surface area (Å²) in [4.78, 5) is 20.4. The molecule has 0 heterocycles. The molecule has 0 bridgehead atoms. The Balaban J connectivity index is 0.000000366. The third-order valence-corrected chi connectivity index (χ3v) is 1.69. The van der Waals surface area contributed by atoms with Gasteiger partial charge >= 0.3 is 5.97 Å². The number of esters is 1. The highest BCUT2D eigenvalue weighted by Crippen LogP contribution is 2.01. The van der Waals surface area contributed by atoms with Crippen molar-refractivity contribution < 1.29 is 14.3 Å². The quantitative estimate of drug-likeness (QED) is 0.686. The van der Waals surface area contributed by atoms with Gasteiger partial charge in [0, 0.05) is 5.56 Å². The third kappa shape index (κ3) is 5.92. The van der Waals surface area contributed by atoms with Gasteiger partial charge in [0.25, 0.3) is 0 Å². The number of carbonyl (C=O) groups excluding carboxylic acids is 2. The predicted molar refractivity (Wildman–Crippen MR) is 60.7 cm³/mol. The largest absolute Gasteiger partial charge is 0.468 e. The molecule has 0 radical (unpaired) electrons. The number of amides is 1. The molecule has 0 fully saturated rings. The van der Waals surface area contributed by atoms with Gasteiger partial charge in [0.1, 0.15) is 0 Å². The molecule has 1 rings (SSSR count). The van der Waals surface area contributed by atoms with Gasteiger partial charge in [0.2, 0.25) is 5.91 Å². The van der Waals surface area contributed by atoms with E-state index in [-0.39, 0.29) is 12.5 Å². The molecule has 6 nitrogen and oxygen atoms in total. The summed E-state index contributed by atoms with van der Waals surface area (Å²) in [5, 5.41) is 8.40. The number of nitrogens with two attached hydrogens (primary N) is 2. The van der Waals surface area contributed by atoms with Gasteiger partial charge in [0.05, 0.1) is 25.3 Å². The number of methoxy groups -OCH3 is 1. The van der Waals surface area contributed by atoms with Gasteiger partial charge in [-0.2, -0.15) is 5.26 Å². The minimum absolute atomic E-state index is 0.0312. The lowest BCUT2D eigenvalue weighted by Crippen LogP contribution is -2.14. The van der Waals surface area contributed by atoms with Crippen molar-refractivity contribution in [2.75, 3.05) is 13.7 Å². The summed E-state index contributed by atoms with van der Waals surface area (Å²) in [5.74, 6) is -0.857. The first-order valence-corrected chi connectivity index (χ1v) is 4.62. The third-order valence-electron chi connectivity index (χ3n) is 1.69. The predicted octanol–water partition coefficient (Wildman–Crippen LogP) is -0.225. The molecule has 1 aromatic rings. The second-order valence-corrected chi connectivity index (χ2v) is 2.83. The first kappa shape index (κ1) is 14.6. The molecule has 4 N–H and O–H groups in total. The molecule has 1 aromatic carbocycles. The first-order chi connectivity index (χ1) is 8.04. The maximum Gasteiger partial charge on any atom is 0.319 e. The molecule has 0 aromatic heterocycles. The number of nitriles is 1. The van der Waals surface area contributed by atoms with Crippen LogP contribution < -0.4 is 11.5 Å². The van der Waals surface area contributed by atoms with Crippen LogP contribution in [0.5, 0.6) is 0 Å². The van der Waals surface area contributed by atoms with Gasteiger partial charge < -0.3 is 16.2 Å². The van der Waals surface area contributed by atoms with Crippen molar-refractivity contribution in [1.82, 2.24) is 0 Å². The Bertz CT molecular complexity index is 415. The van der Waals surface area contributed by atoms with Crippen molar-refractivity contribution in [2.45, 2.75) is 0 Å². The molecule has 0 aliphatic rings. The molecule has 17 heavy (non-hydrogen) atoms. The number of carbonyl (C=O) groups is 2. The molecule has 1 amide bonds. The van der Waals surface area contributed by atoms with Crippen molar-refractivity contribution in [3.63, 3.8) is 0 Å². The highest BCUT2D eigenvalue weighted by molar-refractivity contribution is 5.92. The number of primary amides is 1. The van der Waals surface area contributed by atoms with Crippen LogP contribution in [0.2, 0.25) is 0 Å². The van der Waals surface area contributed by atoms with E-state index >= 15 is 0 Å². The summed E-state index contributed by atoms with van der Waals surface area (Å²) in [6, 6.07) is 8.11. The van der Waals surface area contributed by atoms with E-state index in [1.165, 1.54) is 19.2 Å². The van der Waals surface area contributed by atoms with E-state index in [0.717, 1.165) is 0 Å². The van der Waals surface area contributed by atoms with Crippen molar-refractivity contribution >= 4 is 11.9 Å². The van der Waals surface area contributed by atoms with Crippen LogP contribution in [-0.2, 0) is 9.53 Å². The van der Waals surface area contributed by atoms with Crippen molar-refractivity contribution in [2.24, 2.45) is 11.5 Å². The Labute approximate surface area is 98.8 Å². The molecule has 0 unspecified atom stereocenters. The average molecular weight is 235 g/mol. The fourth-order valence-electron chi connectivity index (χ4n) is 0.792. The van der Waals surface area contributed by atoms with Crippen molar-refractivity contribution in [3.8, 4) is 6.07 Å². The van der Waals surface area contributed by atoms with Crippen LogP contribution in [0, 0.1) is 11.3 Å². The van der Waals surface area contributed by atoms with Crippen molar-refractivity contribution in [3.05, 3.63) is 35.4 Å². The number of nitrogens with zero attached hydrogens (tertiary/aromatic N) is 1. The zero-order valence-corrected chi connectivity index (χ0v) is 9.34. The lowest BCUT2D eigenvalue weighted by molar-refractivity contribution is -0.138. The number of benzene rings is 1. The SMILES string of the molecule is COC(=O)CN.N#Cc1ccc(C(N)=O)cc1. The van der Waals surface area contributed by atoms with E-state index in [9.17, 15) is 9.59 Å². The number of hydrogen-bond acceptors (Lipinski definition) is 5. The summed E-state index contributed by atoms with van der Waals surface area (Å²) in [6.07, 6.45) is 0. The van der Waals surface area contributed by atoms with Crippen LogP contribution in [0.25, 0.3) is 0 Å². The summed E-state index contributed by atoms with van der Waals surface area (Å²) in [7, 11) is 1.30. The van der Waals surface area contributed by atoms with E-state index in [2.05, 4.69) is 4.74 Å². The topological polar surface area (TPSA) is 119 Å². The molecule has 6 heteroatoms. The lowest BCUT2D eigenvalue weighted by Gasteiger charge is -1.92. The normalized spacial score (nSPS) is 8.29. The fourth-order valence-corrected chi connectivity index (χ4v) is 0.792. The maximum absolute atomic E-state index is 10.5. The molecule has 0 aliphatic heterocycles. The summed E-state index contributed by atoms with van der Waals surface area (Å²) in [5.41, 5.74) is 10.7. The molecule has 0 aliphatic carbocycles. The maximum atomic E-state index is 10.5. The summed E-state index contributed by atoms with van der Waals surface area (Å²) < 4.78 is 4.14. The Kier molecular flexibility index (Phi) is 6.74. The average Bonchev–Trinajstić information content (AvgIpc) is 2.38. The molecular weight excluding hydrogens is 222 g/mol. The number of ether oxygens (including phenoxy) is 1. The molecule has 0 spiro atoms. The van der Waals surface area contributed by atoms with Crippen LogP contribution >= 0.6 is 0 Å². The fraction of sp³-hybridized carbons (Fsp3) is 0.182. The molecule has 0 atom stereocenters. The van der Waals surface area contributed by atoms with Crippen LogP contribution in [0.4, 0.5) is 0 Å². The number of rotatable bonds is 2. The smallest absolute Gasteiger partial charge is 0.319 e. The second kappa shape index (κ2) is 7.84. The van der Waals surface area contributed by atoms with Gasteiger partial charge in [-0.25, -0.2) is 0 Å². The highest BCUT2D eigenvalue weighted by atomic mass is 16.5. The lowest BCUT2D eigenvalue weighted by atomic mass is 10.1. The minimum Gasteiger partial charge on any atom is -0.468 e. The van der Waals surface area contributed by atoms with Gasteiger partial charge in [-0.05, 0) is 24.3 Å². The van der Waals surface area contributed by atoms with Crippen molar-refractivity contribution in [1.29, 1.82) is 5.26 Å². The molecule has 0 saturated heterocycles. The van der Waals surface area contributed by atoms with Crippen LogP contribution in [-0.4, -0.2) is 25.5 Å². The minimum atomic E-state index is -0.477. The molecule has 90 valence electrons. The summed E-state index contributed by atoms with van der Waals surface area (Å²) >= 11 is 0. The van der Waals surface area contributed by atoms with Crippen LogP contribution in [0.3, 0.4) is 0 Å².